The summed E-state index contributed by atoms with van der Waals surface area (Å²) in [4.78, 5) is 4.29. The van der Waals surface area contributed by atoms with Crippen LogP contribution in [0.3, 0.4) is 0 Å². The first-order valence-corrected chi connectivity index (χ1v) is 8.37. The van der Waals surface area contributed by atoms with Gasteiger partial charge in [0.05, 0.1) is 12.6 Å². The van der Waals surface area contributed by atoms with Crippen molar-refractivity contribution in [2.24, 2.45) is 0 Å². The fraction of sp³-hybridized carbons (Fsp3) is 0.529. The fourth-order valence-electron chi connectivity index (χ4n) is 3.50. The molecule has 134 valence electrons. The number of aliphatic hydroxyl groups is 1. The summed E-state index contributed by atoms with van der Waals surface area (Å²) >= 11 is 0. The van der Waals surface area contributed by atoms with Crippen LogP contribution < -0.4 is 9.47 Å². The lowest BCUT2D eigenvalue weighted by Gasteiger charge is -2.25. The first-order chi connectivity index (χ1) is 12.1. The van der Waals surface area contributed by atoms with Crippen LogP contribution in [0.1, 0.15) is 17.3 Å². The van der Waals surface area contributed by atoms with E-state index in [2.05, 4.69) is 20.0 Å². The molecule has 1 aromatic carbocycles. The Morgan fingerprint density at radius 2 is 2.16 bits per heavy atom. The van der Waals surface area contributed by atoms with E-state index < -0.39 is 6.10 Å². The highest BCUT2D eigenvalue weighted by Gasteiger charge is 2.35. The Labute approximate surface area is 146 Å². The molecule has 1 aromatic heterocycles. The van der Waals surface area contributed by atoms with Crippen molar-refractivity contribution in [3.63, 3.8) is 0 Å². The lowest BCUT2D eigenvalue weighted by Crippen LogP contribution is -2.40. The maximum atomic E-state index is 10.5. The van der Waals surface area contributed by atoms with Gasteiger partial charge in [-0.05, 0) is 13.1 Å². The number of nitrogens with zero attached hydrogens (tertiary/aromatic N) is 4. The van der Waals surface area contributed by atoms with E-state index in [0.29, 0.717) is 31.4 Å². The summed E-state index contributed by atoms with van der Waals surface area (Å²) in [5, 5.41) is 18.4. The van der Waals surface area contributed by atoms with Crippen LogP contribution in [0, 0.1) is 6.92 Å². The molecule has 0 aliphatic carbocycles. The molecule has 0 unspecified atom stereocenters. The number of benzene rings is 1. The van der Waals surface area contributed by atoms with E-state index in [9.17, 15) is 5.11 Å². The maximum Gasteiger partial charge on any atom is 0.231 e. The molecule has 0 bridgehead atoms. The number of aromatic nitrogens is 2. The monoisotopic (exact) mass is 346 g/mol. The molecule has 1 saturated heterocycles. The van der Waals surface area contributed by atoms with Gasteiger partial charge in [-0.2, -0.15) is 0 Å². The van der Waals surface area contributed by atoms with Gasteiger partial charge in [0.2, 0.25) is 18.6 Å². The zero-order chi connectivity index (χ0) is 17.4. The van der Waals surface area contributed by atoms with Crippen molar-refractivity contribution in [2.45, 2.75) is 32.2 Å². The number of likely N-dealkylation sites (N-methyl/N-ethyl adjacent to an activating group) is 1. The fourth-order valence-corrected chi connectivity index (χ4v) is 3.50. The van der Waals surface area contributed by atoms with Crippen LogP contribution in [0.2, 0.25) is 0 Å². The second-order valence-electron chi connectivity index (χ2n) is 6.61. The smallest absolute Gasteiger partial charge is 0.231 e. The summed E-state index contributed by atoms with van der Waals surface area (Å²) in [5.41, 5.74) is 1.08. The summed E-state index contributed by atoms with van der Waals surface area (Å²) in [6.07, 6.45) is -0.428. The third-order valence-corrected chi connectivity index (χ3v) is 4.73. The van der Waals surface area contributed by atoms with E-state index in [1.807, 2.05) is 25.2 Å². The Morgan fingerprint density at radius 3 is 2.96 bits per heavy atom. The molecular weight excluding hydrogens is 324 g/mol. The number of hydrogen-bond acceptors (Lipinski definition) is 8. The molecule has 0 radical (unpaired) electrons. The molecule has 8 heteroatoms. The van der Waals surface area contributed by atoms with Gasteiger partial charge in [0.1, 0.15) is 0 Å². The van der Waals surface area contributed by atoms with Gasteiger partial charge in [0.15, 0.2) is 11.5 Å². The van der Waals surface area contributed by atoms with E-state index in [4.69, 9.17) is 13.9 Å². The molecule has 4 rings (SSSR count). The largest absolute Gasteiger partial charge is 0.454 e. The van der Waals surface area contributed by atoms with Crippen LogP contribution in [0.15, 0.2) is 22.6 Å². The van der Waals surface area contributed by atoms with Gasteiger partial charge in [0.25, 0.3) is 0 Å². The van der Waals surface area contributed by atoms with Gasteiger partial charge < -0.3 is 19.0 Å². The van der Waals surface area contributed by atoms with Crippen molar-refractivity contribution in [1.29, 1.82) is 0 Å². The van der Waals surface area contributed by atoms with E-state index in [-0.39, 0.29) is 12.8 Å². The topological polar surface area (TPSA) is 84.1 Å². The second-order valence-corrected chi connectivity index (χ2v) is 6.61. The first-order valence-electron chi connectivity index (χ1n) is 8.37. The van der Waals surface area contributed by atoms with Crippen molar-refractivity contribution in [1.82, 2.24) is 20.0 Å². The average molecular weight is 346 g/mol. The Morgan fingerprint density at radius 1 is 1.28 bits per heavy atom. The van der Waals surface area contributed by atoms with E-state index in [1.54, 1.807) is 6.92 Å². The normalized spacial score (nSPS) is 22.9. The molecule has 3 heterocycles. The number of hydrogen-bond donors (Lipinski definition) is 1. The van der Waals surface area contributed by atoms with Crippen LogP contribution >= 0.6 is 0 Å². The summed E-state index contributed by atoms with van der Waals surface area (Å²) < 4.78 is 16.4. The summed E-state index contributed by atoms with van der Waals surface area (Å²) in [6, 6.07) is 5.93. The molecular formula is C17H22N4O4. The Bertz CT molecular complexity index is 750. The molecule has 0 saturated carbocycles. The summed E-state index contributed by atoms with van der Waals surface area (Å²) in [6.45, 7) is 4.65. The molecule has 0 amide bonds. The van der Waals surface area contributed by atoms with Crippen LogP contribution in [-0.4, -0.2) is 64.2 Å². The zero-order valence-electron chi connectivity index (χ0n) is 14.4. The SMILES string of the molecule is Cc1nnc(CN(C)[C@@H]2CN(Cc3cccc4c3OCO4)C[C@H]2O)o1. The van der Waals surface area contributed by atoms with Crippen molar-refractivity contribution in [3.8, 4) is 11.5 Å². The number of rotatable bonds is 5. The predicted octanol–water partition coefficient (Wildman–Crippen LogP) is 0.784. The minimum absolute atomic E-state index is 0.0149. The molecule has 0 spiro atoms. The molecule has 1 N–H and O–H groups in total. The number of aliphatic hydroxyl groups excluding tert-OH is 1. The van der Waals surface area contributed by atoms with Crippen molar-refractivity contribution in [3.05, 3.63) is 35.5 Å². The molecule has 2 aliphatic heterocycles. The minimum Gasteiger partial charge on any atom is -0.454 e. The van der Waals surface area contributed by atoms with Gasteiger partial charge >= 0.3 is 0 Å². The number of para-hydroxylation sites is 1. The van der Waals surface area contributed by atoms with Crippen LogP contribution in [-0.2, 0) is 13.1 Å². The molecule has 2 aromatic rings. The van der Waals surface area contributed by atoms with Crippen molar-refractivity contribution < 1.29 is 19.0 Å². The van der Waals surface area contributed by atoms with Gasteiger partial charge in [-0.25, -0.2) is 0 Å². The number of likely N-dealkylation sites (tertiary alicyclic amines) is 1. The highest BCUT2D eigenvalue weighted by atomic mass is 16.7. The maximum absolute atomic E-state index is 10.5. The average Bonchev–Trinajstić information content (AvgIpc) is 3.28. The molecule has 2 atom stereocenters. The third kappa shape index (κ3) is 3.33. The van der Waals surface area contributed by atoms with Gasteiger partial charge in [-0.1, -0.05) is 12.1 Å². The molecule has 2 aliphatic rings. The summed E-state index contributed by atoms with van der Waals surface area (Å²) in [5.74, 6) is 2.72. The number of fused-ring (bicyclic) bond motifs is 1. The van der Waals surface area contributed by atoms with Gasteiger partial charge in [-0.3, -0.25) is 9.80 Å². The Kier molecular flexibility index (Phi) is 4.32. The van der Waals surface area contributed by atoms with Gasteiger partial charge in [0, 0.05) is 38.2 Å². The second kappa shape index (κ2) is 6.62. The lowest BCUT2D eigenvalue weighted by atomic mass is 10.2. The molecule has 8 nitrogen and oxygen atoms in total. The van der Waals surface area contributed by atoms with Crippen LogP contribution in [0.25, 0.3) is 0 Å². The zero-order valence-corrected chi connectivity index (χ0v) is 14.4. The first kappa shape index (κ1) is 16.3. The quantitative estimate of drug-likeness (QED) is 0.850. The van der Waals surface area contributed by atoms with Crippen molar-refractivity contribution >= 4 is 0 Å². The van der Waals surface area contributed by atoms with Gasteiger partial charge in [-0.15, -0.1) is 10.2 Å². The summed E-state index contributed by atoms with van der Waals surface area (Å²) in [7, 11) is 1.97. The predicted molar refractivity (Wildman–Crippen MR) is 88.1 cm³/mol. The Balaban J connectivity index is 1.40. The lowest BCUT2D eigenvalue weighted by molar-refractivity contribution is 0.0898. The van der Waals surface area contributed by atoms with E-state index >= 15 is 0 Å². The number of aryl methyl sites for hydroxylation is 1. The molecule has 25 heavy (non-hydrogen) atoms. The standard InChI is InChI=1S/C17H22N4O4/c1-11-18-19-16(25-11)9-20(2)13-7-21(8-14(13)22)6-12-4-3-5-15-17(12)24-10-23-15/h3-5,13-14,22H,6-10H2,1-2H3/t13-,14-/m1/s1. The van der Waals surface area contributed by atoms with Crippen LogP contribution in [0.5, 0.6) is 11.5 Å². The van der Waals surface area contributed by atoms with E-state index in [1.165, 1.54) is 0 Å². The Hall–Kier alpha value is -2.16. The minimum atomic E-state index is -0.428. The third-order valence-electron chi connectivity index (χ3n) is 4.73. The highest BCUT2D eigenvalue weighted by Crippen LogP contribution is 2.36. The number of ether oxygens (including phenoxy) is 2. The van der Waals surface area contributed by atoms with Crippen LogP contribution in [0.4, 0.5) is 0 Å². The number of β-amino-alcohol motifs (C(OH)–C–C–N with tert-alkyl or cyclic N) is 1. The molecule has 1 fully saturated rings. The van der Waals surface area contributed by atoms with E-state index in [0.717, 1.165) is 23.6 Å². The highest BCUT2D eigenvalue weighted by molar-refractivity contribution is 5.48. The van der Waals surface area contributed by atoms with Crippen molar-refractivity contribution in [2.75, 3.05) is 26.9 Å².